The number of aromatic nitrogens is 3. The first-order valence-corrected chi connectivity index (χ1v) is 11.0. The van der Waals surface area contributed by atoms with Crippen molar-refractivity contribution >= 4 is 22.6 Å². The molecule has 0 aliphatic heterocycles. The fourth-order valence-corrected chi connectivity index (χ4v) is 3.85. The van der Waals surface area contributed by atoms with Gasteiger partial charge in [-0.25, -0.2) is 4.98 Å². The average molecular weight is 446 g/mol. The molecule has 4 aromatic rings. The predicted octanol–water partition coefficient (Wildman–Crippen LogP) is 3.05. The summed E-state index contributed by atoms with van der Waals surface area (Å²) in [6.07, 6.45) is 2.27. The Morgan fingerprint density at radius 3 is 2.70 bits per heavy atom. The number of hydrogen-bond acceptors (Lipinski definition) is 5. The maximum atomic E-state index is 13.2. The summed E-state index contributed by atoms with van der Waals surface area (Å²) in [7, 11) is 0. The number of nitrogens with zero attached hydrogens (tertiary/aromatic N) is 3. The first-order valence-electron chi connectivity index (χ1n) is 11.0. The highest BCUT2D eigenvalue weighted by Crippen LogP contribution is 2.14. The number of rotatable bonds is 8. The van der Waals surface area contributed by atoms with Crippen molar-refractivity contribution in [2.45, 2.75) is 32.9 Å². The van der Waals surface area contributed by atoms with Crippen LogP contribution in [0.4, 0.5) is 0 Å². The highest BCUT2D eigenvalue weighted by Gasteiger charge is 2.19. The highest BCUT2D eigenvalue weighted by atomic mass is 16.5. The third kappa shape index (κ3) is 4.56. The van der Waals surface area contributed by atoms with Crippen molar-refractivity contribution in [2.75, 3.05) is 13.2 Å². The summed E-state index contributed by atoms with van der Waals surface area (Å²) in [5.41, 5.74) is 1.71. The Morgan fingerprint density at radius 2 is 1.94 bits per heavy atom. The number of ether oxygens (including phenoxy) is 1. The lowest BCUT2D eigenvalue weighted by Gasteiger charge is -2.17. The van der Waals surface area contributed by atoms with Gasteiger partial charge in [0.25, 0.3) is 11.5 Å². The molecule has 1 aromatic carbocycles. The van der Waals surface area contributed by atoms with Crippen LogP contribution in [-0.4, -0.2) is 33.1 Å². The molecule has 33 heavy (non-hydrogen) atoms. The summed E-state index contributed by atoms with van der Waals surface area (Å²) in [5.74, 6) is -0.408. The van der Waals surface area contributed by atoms with Gasteiger partial charge < -0.3 is 14.6 Å². The third-order valence-electron chi connectivity index (χ3n) is 5.58. The molecule has 0 bridgehead atoms. The number of aryl methyl sites for hydroxylation is 1. The van der Waals surface area contributed by atoms with Gasteiger partial charge in [0.05, 0.1) is 17.0 Å². The maximum absolute atomic E-state index is 13.2. The standard InChI is InChI=1S/C25H27N5O3/c1-3-33-15-9-14-30-22(26)19(24(31)27-17(2)18-10-5-4-6-11-18)16-20-23(30)28-21-12-7-8-13-29(21)25(20)32/h4-8,10-13,16-17,26H,3,9,14-15H2,1-2H3,(H,27,31). The van der Waals surface area contributed by atoms with E-state index >= 15 is 0 Å². The summed E-state index contributed by atoms with van der Waals surface area (Å²) < 4.78 is 8.52. The smallest absolute Gasteiger partial charge is 0.267 e. The van der Waals surface area contributed by atoms with Crippen LogP contribution >= 0.6 is 0 Å². The summed E-state index contributed by atoms with van der Waals surface area (Å²) in [6.45, 7) is 5.33. The number of carbonyl (C=O) groups excluding carboxylic acids is 1. The average Bonchev–Trinajstić information content (AvgIpc) is 2.83. The van der Waals surface area contributed by atoms with Crippen LogP contribution in [0.25, 0.3) is 16.7 Å². The molecule has 1 amide bonds. The van der Waals surface area contributed by atoms with Crippen molar-refractivity contribution in [3.05, 3.63) is 87.8 Å². The zero-order chi connectivity index (χ0) is 23.4. The molecule has 0 spiro atoms. The molecule has 8 nitrogen and oxygen atoms in total. The number of benzene rings is 1. The Balaban J connectivity index is 1.82. The Morgan fingerprint density at radius 1 is 1.18 bits per heavy atom. The van der Waals surface area contributed by atoms with Gasteiger partial charge in [0.2, 0.25) is 0 Å². The quantitative estimate of drug-likeness (QED) is 0.321. The van der Waals surface area contributed by atoms with Crippen LogP contribution in [0.5, 0.6) is 0 Å². The van der Waals surface area contributed by atoms with E-state index in [0.717, 1.165) is 5.56 Å². The first-order chi connectivity index (χ1) is 16.0. The number of pyridine rings is 2. The third-order valence-corrected chi connectivity index (χ3v) is 5.58. The second-order valence-electron chi connectivity index (χ2n) is 7.80. The second kappa shape index (κ2) is 9.79. The SMILES string of the molecule is CCOCCCn1c(=N)c(C(=O)NC(C)c2ccccc2)cc2c(=O)n3ccccc3nc21. The number of amides is 1. The fraction of sp³-hybridized carbons (Fsp3) is 0.280. The van der Waals surface area contributed by atoms with Gasteiger partial charge >= 0.3 is 0 Å². The number of hydrogen-bond donors (Lipinski definition) is 2. The van der Waals surface area contributed by atoms with Crippen LogP contribution in [-0.2, 0) is 11.3 Å². The Kier molecular flexibility index (Phi) is 6.65. The molecule has 0 aliphatic rings. The number of carbonyl (C=O) groups is 1. The Hall–Kier alpha value is -3.78. The molecule has 8 heteroatoms. The molecule has 0 radical (unpaired) electrons. The van der Waals surface area contributed by atoms with Gasteiger partial charge in [-0.15, -0.1) is 0 Å². The molecule has 0 saturated carbocycles. The molecular formula is C25H27N5O3. The highest BCUT2D eigenvalue weighted by molar-refractivity contribution is 5.97. The largest absolute Gasteiger partial charge is 0.382 e. The van der Waals surface area contributed by atoms with E-state index in [4.69, 9.17) is 10.1 Å². The van der Waals surface area contributed by atoms with Crippen molar-refractivity contribution in [3.63, 3.8) is 0 Å². The molecule has 4 rings (SSSR count). The normalized spacial score (nSPS) is 12.2. The molecule has 0 saturated heterocycles. The van der Waals surface area contributed by atoms with E-state index in [2.05, 4.69) is 10.3 Å². The van der Waals surface area contributed by atoms with E-state index < -0.39 is 5.91 Å². The number of nitrogens with one attached hydrogen (secondary N) is 2. The van der Waals surface area contributed by atoms with Crippen LogP contribution in [0.3, 0.4) is 0 Å². The zero-order valence-electron chi connectivity index (χ0n) is 18.7. The zero-order valence-corrected chi connectivity index (χ0v) is 18.7. The van der Waals surface area contributed by atoms with Crippen LogP contribution in [0, 0.1) is 5.41 Å². The molecule has 1 atom stereocenters. The molecular weight excluding hydrogens is 418 g/mol. The van der Waals surface area contributed by atoms with Gasteiger partial charge in [0.1, 0.15) is 16.8 Å². The van der Waals surface area contributed by atoms with E-state index in [0.29, 0.717) is 42.9 Å². The van der Waals surface area contributed by atoms with E-state index in [1.54, 1.807) is 29.0 Å². The topological polar surface area (TPSA) is 101 Å². The molecule has 2 N–H and O–H groups in total. The molecule has 3 heterocycles. The lowest BCUT2D eigenvalue weighted by molar-refractivity contribution is 0.0937. The molecule has 170 valence electrons. The minimum atomic E-state index is -0.408. The fourth-order valence-electron chi connectivity index (χ4n) is 3.85. The summed E-state index contributed by atoms with van der Waals surface area (Å²) >= 11 is 0. The lowest BCUT2D eigenvalue weighted by Crippen LogP contribution is -2.36. The molecule has 3 aromatic heterocycles. The van der Waals surface area contributed by atoms with Crippen LogP contribution in [0.15, 0.2) is 65.6 Å². The van der Waals surface area contributed by atoms with Crippen LogP contribution < -0.4 is 16.4 Å². The number of fused-ring (bicyclic) bond motifs is 2. The lowest BCUT2D eigenvalue weighted by atomic mass is 10.1. The Labute approximate surface area is 191 Å². The molecule has 0 fully saturated rings. The van der Waals surface area contributed by atoms with E-state index in [1.165, 1.54) is 10.5 Å². The monoisotopic (exact) mass is 445 g/mol. The minimum Gasteiger partial charge on any atom is -0.382 e. The van der Waals surface area contributed by atoms with Gasteiger partial charge in [0.15, 0.2) is 0 Å². The first kappa shape index (κ1) is 22.4. The summed E-state index contributed by atoms with van der Waals surface area (Å²) in [5, 5.41) is 12.0. The Bertz CT molecular complexity index is 1410. The van der Waals surface area contributed by atoms with Gasteiger partial charge in [0, 0.05) is 26.0 Å². The van der Waals surface area contributed by atoms with Crippen molar-refractivity contribution in [3.8, 4) is 0 Å². The van der Waals surface area contributed by atoms with Crippen LogP contribution in [0.2, 0.25) is 0 Å². The van der Waals surface area contributed by atoms with Gasteiger partial charge in [-0.2, -0.15) is 0 Å². The predicted molar refractivity (Wildman–Crippen MR) is 126 cm³/mol. The second-order valence-corrected chi connectivity index (χ2v) is 7.80. The van der Waals surface area contributed by atoms with E-state index in [9.17, 15) is 9.59 Å². The van der Waals surface area contributed by atoms with E-state index in [1.807, 2.05) is 44.2 Å². The van der Waals surface area contributed by atoms with Crippen molar-refractivity contribution in [1.29, 1.82) is 5.41 Å². The van der Waals surface area contributed by atoms with E-state index in [-0.39, 0.29) is 22.7 Å². The van der Waals surface area contributed by atoms with Crippen molar-refractivity contribution in [2.24, 2.45) is 0 Å². The summed E-state index contributed by atoms with van der Waals surface area (Å²) in [6, 6.07) is 16.1. The summed E-state index contributed by atoms with van der Waals surface area (Å²) in [4.78, 5) is 31.1. The van der Waals surface area contributed by atoms with Crippen molar-refractivity contribution in [1.82, 2.24) is 19.3 Å². The van der Waals surface area contributed by atoms with Gasteiger partial charge in [-0.3, -0.25) is 19.4 Å². The van der Waals surface area contributed by atoms with Gasteiger partial charge in [-0.1, -0.05) is 36.4 Å². The molecule has 0 aliphatic carbocycles. The minimum absolute atomic E-state index is 0.0175. The van der Waals surface area contributed by atoms with Gasteiger partial charge in [-0.05, 0) is 44.0 Å². The molecule has 1 unspecified atom stereocenters. The van der Waals surface area contributed by atoms with Crippen molar-refractivity contribution < 1.29 is 9.53 Å². The maximum Gasteiger partial charge on any atom is 0.267 e. The van der Waals surface area contributed by atoms with Crippen LogP contribution in [0.1, 0.15) is 42.2 Å².